The van der Waals surface area contributed by atoms with Crippen LogP contribution in [0.5, 0.6) is 0 Å². The van der Waals surface area contributed by atoms with E-state index >= 15 is 0 Å². The maximum absolute atomic E-state index is 13.8. The van der Waals surface area contributed by atoms with Gasteiger partial charge in [-0.1, -0.05) is 18.2 Å². The zero-order valence-corrected chi connectivity index (χ0v) is 15.5. The van der Waals surface area contributed by atoms with E-state index in [-0.39, 0.29) is 22.8 Å². The number of nitrogens with zero attached hydrogens (tertiary/aromatic N) is 2. The average Bonchev–Trinajstić information content (AvgIpc) is 2.81. The molecule has 0 unspecified atom stereocenters. The number of hydrogen-bond donors (Lipinski definition) is 1. The number of sulfonamides is 1. The summed E-state index contributed by atoms with van der Waals surface area (Å²) < 4.78 is 44.5. The van der Waals surface area contributed by atoms with E-state index in [4.69, 9.17) is 0 Å². The molecule has 0 aliphatic heterocycles. The third kappa shape index (κ3) is 3.30. The molecular formula is C18H20FN3O3S. The van der Waals surface area contributed by atoms with Crippen molar-refractivity contribution in [2.24, 2.45) is 14.1 Å². The second-order valence-corrected chi connectivity index (χ2v) is 8.08. The summed E-state index contributed by atoms with van der Waals surface area (Å²) in [6.45, 7) is 1.68. The Bertz CT molecular complexity index is 1130. The molecule has 138 valence electrons. The zero-order valence-electron chi connectivity index (χ0n) is 14.7. The van der Waals surface area contributed by atoms with Gasteiger partial charge in [0.1, 0.15) is 5.82 Å². The van der Waals surface area contributed by atoms with Gasteiger partial charge in [-0.25, -0.2) is 22.3 Å². The Labute approximate surface area is 150 Å². The van der Waals surface area contributed by atoms with Gasteiger partial charge in [0, 0.05) is 20.1 Å². The molecule has 8 heteroatoms. The summed E-state index contributed by atoms with van der Waals surface area (Å²) >= 11 is 0. The molecule has 0 saturated carbocycles. The summed E-state index contributed by atoms with van der Waals surface area (Å²) in [6, 6.07) is 10.3. The summed E-state index contributed by atoms with van der Waals surface area (Å²) in [4.78, 5) is 12.0. The van der Waals surface area contributed by atoms with Crippen LogP contribution in [0.2, 0.25) is 0 Å². The molecule has 3 aromatic rings. The van der Waals surface area contributed by atoms with Crippen LogP contribution in [0.1, 0.15) is 12.5 Å². The van der Waals surface area contributed by atoms with Gasteiger partial charge in [-0.2, -0.15) is 0 Å². The molecule has 1 N–H and O–H groups in total. The van der Waals surface area contributed by atoms with Crippen LogP contribution in [0.15, 0.2) is 52.2 Å². The first-order valence-corrected chi connectivity index (χ1v) is 9.60. The monoisotopic (exact) mass is 377 g/mol. The fraction of sp³-hybridized carbons (Fsp3) is 0.278. The minimum Gasteiger partial charge on any atom is -0.295 e. The first kappa shape index (κ1) is 18.3. The first-order chi connectivity index (χ1) is 12.2. The topological polar surface area (TPSA) is 73.1 Å². The summed E-state index contributed by atoms with van der Waals surface area (Å²) in [5.74, 6) is -0.362. The summed E-state index contributed by atoms with van der Waals surface area (Å²) in [5, 5.41) is 0. The number of aromatic nitrogens is 2. The van der Waals surface area contributed by atoms with E-state index in [2.05, 4.69) is 4.72 Å². The highest BCUT2D eigenvalue weighted by molar-refractivity contribution is 7.89. The highest BCUT2D eigenvalue weighted by Crippen LogP contribution is 2.18. The Kier molecular flexibility index (Phi) is 4.72. The molecule has 1 aromatic heterocycles. The molecule has 0 amide bonds. The second kappa shape index (κ2) is 6.69. The molecule has 0 fully saturated rings. The van der Waals surface area contributed by atoms with Gasteiger partial charge in [0.15, 0.2) is 0 Å². The Morgan fingerprint density at radius 2 is 1.73 bits per heavy atom. The average molecular weight is 377 g/mol. The van der Waals surface area contributed by atoms with E-state index in [1.165, 1.54) is 27.3 Å². The number of hydrogen-bond acceptors (Lipinski definition) is 3. The molecule has 0 saturated heterocycles. The molecule has 0 aliphatic carbocycles. The SMILES string of the molecule is C[C@H](Cc1ccccc1F)NS(=O)(=O)c1ccc2c(c1)n(C)c(=O)n2C. The lowest BCUT2D eigenvalue weighted by molar-refractivity contribution is 0.549. The molecule has 26 heavy (non-hydrogen) atoms. The van der Waals surface area contributed by atoms with E-state index in [9.17, 15) is 17.6 Å². The maximum Gasteiger partial charge on any atom is 0.328 e. The van der Waals surface area contributed by atoms with Crippen molar-refractivity contribution in [1.29, 1.82) is 0 Å². The van der Waals surface area contributed by atoms with Gasteiger partial charge in [-0.05, 0) is 43.2 Å². The number of aryl methyl sites for hydroxylation is 2. The molecule has 3 rings (SSSR count). The van der Waals surface area contributed by atoms with E-state index in [0.29, 0.717) is 16.6 Å². The van der Waals surface area contributed by atoms with Crippen LogP contribution in [-0.4, -0.2) is 23.6 Å². The standard InChI is InChI=1S/C18H20FN3O3S/c1-12(10-13-6-4-5-7-15(13)19)20-26(24,25)14-8-9-16-17(11-14)22(3)18(23)21(16)2/h4-9,11-12,20H,10H2,1-3H3/t12-/m1/s1. The minimum atomic E-state index is -3.80. The highest BCUT2D eigenvalue weighted by atomic mass is 32.2. The summed E-state index contributed by atoms with van der Waals surface area (Å²) in [7, 11) is -0.576. The zero-order chi connectivity index (χ0) is 19.1. The number of halogens is 1. The lowest BCUT2D eigenvalue weighted by Gasteiger charge is -2.15. The molecular weight excluding hydrogens is 357 g/mol. The molecule has 2 aromatic carbocycles. The summed E-state index contributed by atoms with van der Waals surface area (Å²) in [5.41, 5.74) is 1.40. The van der Waals surface area contributed by atoms with Crippen LogP contribution < -0.4 is 10.4 Å². The Balaban J connectivity index is 1.88. The van der Waals surface area contributed by atoms with Crippen molar-refractivity contribution in [1.82, 2.24) is 13.9 Å². The van der Waals surface area contributed by atoms with Gasteiger partial charge in [0.25, 0.3) is 0 Å². The molecule has 6 nitrogen and oxygen atoms in total. The normalized spacial score (nSPS) is 13.2. The fourth-order valence-corrected chi connectivity index (χ4v) is 4.29. The maximum atomic E-state index is 13.8. The Hall–Kier alpha value is -2.45. The van der Waals surface area contributed by atoms with Gasteiger partial charge in [0.2, 0.25) is 10.0 Å². The first-order valence-electron chi connectivity index (χ1n) is 8.12. The third-order valence-corrected chi connectivity index (χ3v) is 5.98. The lowest BCUT2D eigenvalue weighted by atomic mass is 10.1. The predicted octanol–water partition coefficient (Wildman–Crippen LogP) is 1.93. The van der Waals surface area contributed by atoms with Crippen LogP contribution in [0, 0.1) is 5.82 Å². The summed E-state index contributed by atoms with van der Waals surface area (Å²) in [6.07, 6.45) is 0.234. The van der Waals surface area contributed by atoms with Crippen molar-refractivity contribution in [3.8, 4) is 0 Å². The van der Waals surface area contributed by atoms with Crippen LogP contribution >= 0.6 is 0 Å². The number of imidazole rings is 1. The van der Waals surface area contributed by atoms with Crippen molar-refractivity contribution >= 4 is 21.1 Å². The van der Waals surface area contributed by atoms with Gasteiger partial charge < -0.3 is 0 Å². The van der Waals surface area contributed by atoms with Gasteiger partial charge in [-0.3, -0.25) is 9.13 Å². The molecule has 1 atom stereocenters. The van der Waals surface area contributed by atoms with Crippen LogP contribution in [0.3, 0.4) is 0 Å². The van der Waals surface area contributed by atoms with Crippen molar-refractivity contribution in [2.45, 2.75) is 24.3 Å². The predicted molar refractivity (Wildman–Crippen MR) is 98.0 cm³/mol. The number of rotatable bonds is 5. The molecule has 1 heterocycles. The molecule has 0 aliphatic rings. The molecule has 0 bridgehead atoms. The molecule has 0 radical (unpaired) electrons. The van der Waals surface area contributed by atoms with E-state index in [1.807, 2.05) is 0 Å². The smallest absolute Gasteiger partial charge is 0.295 e. The number of benzene rings is 2. The largest absolute Gasteiger partial charge is 0.328 e. The van der Waals surface area contributed by atoms with E-state index in [1.54, 1.807) is 45.3 Å². The van der Waals surface area contributed by atoms with E-state index in [0.717, 1.165) is 0 Å². The van der Waals surface area contributed by atoms with Crippen molar-refractivity contribution in [3.05, 3.63) is 64.3 Å². The Morgan fingerprint density at radius 1 is 1.08 bits per heavy atom. The second-order valence-electron chi connectivity index (χ2n) is 6.37. The lowest BCUT2D eigenvalue weighted by Crippen LogP contribution is -2.34. The van der Waals surface area contributed by atoms with Crippen molar-refractivity contribution < 1.29 is 12.8 Å². The van der Waals surface area contributed by atoms with Crippen molar-refractivity contribution in [3.63, 3.8) is 0 Å². The fourth-order valence-electron chi connectivity index (χ4n) is 3.02. The quantitative estimate of drug-likeness (QED) is 0.738. The van der Waals surface area contributed by atoms with E-state index < -0.39 is 16.1 Å². The van der Waals surface area contributed by atoms with Crippen LogP contribution in [0.4, 0.5) is 4.39 Å². The third-order valence-electron chi connectivity index (χ3n) is 4.39. The minimum absolute atomic E-state index is 0.0617. The van der Waals surface area contributed by atoms with Crippen LogP contribution in [0.25, 0.3) is 11.0 Å². The van der Waals surface area contributed by atoms with Gasteiger partial charge in [-0.15, -0.1) is 0 Å². The van der Waals surface area contributed by atoms with Crippen molar-refractivity contribution in [2.75, 3.05) is 0 Å². The Morgan fingerprint density at radius 3 is 2.42 bits per heavy atom. The van der Waals surface area contributed by atoms with Crippen LogP contribution in [-0.2, 0) is 30.5 Å². The number of nitrogens with one attached hydrogen (secondary N) is 1. The number of fused-ring (bicyclic) bond motifs is 1. The van der Waals surface area contributed by atoms with Gasteiger partial charge in [0.05, 0.1) is 15.9 Å². The van der Waals surface area contributed by atoms with Gasteiger partial charge >= 0.3 is 5.69 Å². The highest BCUT2D eigenvalue weighted by Gasteiger charge is 2.20. The molecule has 0 spiro atoms.